The molecule has 0 amide bonds. The topological polar surface area (TPSA) is 29.9 Å². The van der Waals surface area contributed by atoms with E-state index in [1.807, 2.05) is 11.7 Å². The quantitative estimate of drug-likeness (QED) is 0.654. The van der Waals surface area contributed by atoms with Gasteiger partial charge in [-0.2, -0.15) is 5.10 Å². The van der Waals surface area contributed by atoms with Crippen LogP contribution in [-0.2, 0) is 20.0 Å². The number of nitrogens with one attached hydrogen (secondary N) is 1. The molecule has 0 aliphatic heterocycles. The zero-order chi connectivity index (χ0) is 14.1. The van der Waals surface area contributed by atoms with Crippen molar-refractivity contribution < 1.29 is 0 Å². The summed E-state index contributed by atoms with van der Waals surface area (Å²) >= 11 is 0. The lowest BCUT2D eigenvalue weighted by molar-refractivity contribution is 0.510. The van der Waals surface area contributed by atoms with Gasteiger partial charge in [-0.15, -0.1) is 0 Å². The number of hydrogen-bond donors (Lipinski definition) is 1. The third-order valence-corrected chi connectivity index (χ3v) is 3.58. The van der Waals surface area contributed by atoms with Crippen LogP contribution < -0.4 is 5.32 Å². The first kappa shape index (κ1) is 16.2. The zero-order valence-electron chi connectivity index (χ0n) is 13.2. The SMILES string of the molecule is CCc1cc(CNCCCCCCC(C)C)n(C)n1. The van der Waals surface area contributed by atoms with E-state index in [1.165, 1.54) is 43.5 Å². The van der Waals surface area contributed by atoms with Gasteiger partial charge in [0, 0.05) is 13.6 Å². The largest absolute Gasteiger partial charge is 0.311 e. The van der Waals surface area contributed by atoms with Crippen molar-refractivity contribution in [2.45, 2.75) is 65.8 Å². The fourth-order valence-corrected chi connectivity index (χ4v) is 2.28. The first-order chi connectivity index (χ1) is 9.13. The molecule has 1 N–H and O–H groups in total. The van der Waals surface area contributed by atoms with E-state index in [4.69, 9.17) is 0 Å². The number of hydrogen-bond acceptors (Lipinski definition) is 2. The van der Waals surface area contributed by atoms with Gasteiger partial charge in [-0.3, -0.25) is 4.68 Å². The molecule has 0 aliphatic rings. The average Bonchev–Trinajstić information content (AvgIpc) is 2.73. The molecule has 0 saturated carbocycles. The average molecular weight is 265 g/mol. The van der Waals surface area contributed by atoms with Crippen LogP contribution in [0, 0.1) is 5.92 Å². The standard InChI is InChI=1S/C16H31N3/c1-5-15-12-16(19(4)18-15)13-17-11-9-7-6-8-10-14(2)3/h12,14,17H,5-11,13H2,1-4H3. The Morgan fingerprint density at radius 3 is 2.58 bits per heavy atom. The van der Waals surface area contributed by atoms with Crippen molar-refractivity contribution in [2.24, 2.45) is 13.0 Å². The fourth-order valence-electron chi connectivity index (χ4n) is 2.28. The lowest BCUT2D eigenvalue weighted by atomic mass is 10.0. The molecular weight excluding hydrogens is 234 g/mol. The highest BCUT2D eigenvalue weighted by Crippen LogP contribution is 2.09. The molecule has 1 aromatic rings. The molecule has 0 unspecified atom stereocenters. The summed E-state index contributed by atoms with van der Waals surface area (Å²) in [5, 5.41) is 7.98. The molecule has 19 heavy (non-hydrogen) atoms. The molecule has 0 atom stereocenters. The van der Waals surface area contributed by atoms with Crippen molar-refractivity contribution in [2.75, 3.05) is 6.54 Å². The van der Waals surface area contributed by atoms with E-state index in [2.05, 4.69) is 37.3 Å². The molecule has 110 valence electrons. The summed E-state index contributed by atoms with van der Waals surface area (Å²) in [5.41, 5.74) is 2.48. The maximum absolute atomic E-state index is 4.46. The van der Waals surface area contributed by atoms with E-state index in [0.717, 1.165) is 25.4 Å². The first-order valence-electron chi connectivity index (χ1n) is 7.86. The van der Waals surface area contributed by atoms with Gasteiger partial charge in [-0.25, -0.2) is 0 Å². The normalized spacial score (nSPS) is 11.4. The van der Waals surface area contributed by atoms with Crippen molar-refractivity contribution >= 4 is 0 Å². The van der Waals surface area contributed by atoms with Crippen LogP contribution in [0.3, 0.4) is 0 Å². The number of aryl methyl sites for hydroxylation is 2. The smallest absolute Gasteiger partial charge is 0.0625 e. The second-order valence-electron chi connectivity index (χ2n) is 5.88. The Balaban J connectivity index is 2.03. The monoisotopic (exact) mass is 265 g/mol. The van der Waals surface area contributed by atoms with Crippen LogP contribution in [0.25, 0.3) is 0 Å². The minimum absolute atomic E-state index is 0.857. The summed E-state index contributed by atoms with van der Waals surface area (Å²) in [5.74, 6) is 0.857. The van der Waals surface area contributed by atoms with Crippen molar-refractivity contribution in [3.8, 4) is 0 Å². The van der Waals surface area contributed by atoms with E-state index >= 15 is 0 Å². The minimum Gasteiger partial charge on any atom is -0.311 e. The Morgan fingerprint density at radius 1 is 1.21 bits per heavy atom. The zero-order valence-corrected chi connectivity index (χ0v) is 13.2. The molecule has 0 bridgehead atoms. The van der Waals surface area contributed by atoms with Gasteiger partial charge in [0.2, 0.25) is 0 Å². The van der Waals surface area contributed by atoms with E-state index in [1.54, 1.807) is 0 Å². The van der Waals surface area contributed by atoms with Crippen LogP contribution in [0.15, 0.2) is 6.07 Å². The van der Waals surface area contributed by atoms with Gasteiger partial charge in [-0.1, -0.05) is 46.5 Å². The lowest BCUT2D eigenvalue weighted by Crippen LogP contribution is -2.16. The third-order valence-electron chi connectivity index (χ3n) is 3.58. The van der Waals surface area contributed by atoms with Crippen LogP contribution in [-0.4, -0.2) is 16.3 Å². The predicted octanol–water partition coefficient (Wildman–Crippen LogP) is 3.68. The third kappa shape index (κ3) is 6.76. The van der Waals surface area contributed by atoms with Crippen molar-refractivity contribution in [3.05, 3.63) is 17.5 Å². The predicted molar refractivity (Wildman–Crippen MR) is 82.2 cm³/mol. The summed E-state index contributed by atoms with van der Waals surface area (Å²) in [7, 11) is 2.03. The molecule has 0 fully saturated rings. The molecule has 0 spiro atoms. The Morgan fingerprint density at radius 2 is 1.95 bits per heavy atom. The Kier molecular flexibility index (Phi) is 7.80. The molecule has 0 saturated heterocycles. The maximum Gasteiger partial charge on any atom is 0.0625 e. The van der Waals surface area contributed by atoms with Crippen LogP contribution in [0.5, 0.6) is 0 Å². The minimum atomic E-state index is 0.857. The van der Waals surface area contributed by atoms with E-state index < -0.39 is 0 Å². The van der Waals surface area contributed by atoms with E-state index in [-0.39, 0.29) is 0 Å². The van der Waals surface area contributed by atoms with Gasteiger partial charge in [0.25, 0.3) is 0 Å². The van der Waals surface area contributed by atoms with Crippen LogP contribution in [0.1, 0.15) is 64.3 Å². The number of aromatic nitrogens is 2. The van der Waals surface area contributed by atoms with Gasteiger partial charge in [-0.05, 0) is 31.4 Å². The van der Waals surface area contributed by atoms with Crippen LogP contribution >= 0.6 is 0 Å². The molecule has 0 aliphatic carbocycles. The highest BCUT2D eigenvalue weighted by Gasteiger charge is 2.02. The summed E-state index contributed by atoms with van der Waals surface area (Å²) in [6, 6.07) is 2.20. The fraction of sp³-hybridized carbons (Fsp3) is 0.812. The molecule has 1 rings (SSSR count). The second kappa shape index (κ2) is 9.13. The number of unbranched alkanes of at least 4 members (excludes halogenated alkanes) is 3. The summed E-state index contributed by atoms with van der Waals surface area (Å²) in [6.07, 6.45) is 7.80. The van der Waals surface area contributed by atoms with Crippen LogP contribution in [0.4, 0.5) is 0 Å². The van der Waals surface area contributed by atoms with E-state index in [9.17, 15) is 0 Å². The molecular formula is C16H31N3. The summed E-state index contributed by atoms with van der Waals surface area (Å²) < 4.78 is 1.99. The summed E-state index contributed by atoms with van der Waals surface area (Å²) in [4.78, 5) is 0. The van der Waals surface area contributed by atoms with E-state index in [0.29, 0.717) is 0 Å². The maximum atomic E-state index is 4.46. The molecule has 0 radical (unpaired) electrons. The number of nitrogens with zero attached hydrogens (tertiary/aromatic N) is 2. The van der Waals surface area contributed by atoms with Gasteiger partial charge in [0.05, 0.1) is 11.4 Å². The van der Waals surface area contributed by atoms with Crippen molar-refractivity contribution in [3.63, 3.8) is 0 Å². The Hall–Kier alpha value is -0.830. The molecule has 0 aromatic carbocycles. The molecule has 1 aromatic heterocycles. The van der Waals surface area contributed by atoms with Gasteiger partial charge in [0.1, 0.15) is 0 Å². The summed E-state index contributed by atoms with van der Waals surface area (Å²) in [6.45, 7) is 8.82. The van der Waals surface area contributed by atoms with Crippen molar-refractivity contribution in [1.29, 1.82) is 0 Å². The second-order valence-corrected chi connectivity index (χ2v) is 5.88. The van der Waals surface area contributed by atoms with Crippen LogP contribution in [0.2, 0.25) is 0 Å². The van der Waals surface area contributed by atoms with Gasteiger partial charge < -0.3 is 5.32 Å². The lowest BCUT2D eigenvalue weighted by Gasteiger charge is -2.06. The van der Waals surface area contributed by atoms with Gasteiger partial charge >= 0.3 is 0 Å². The highest BCUT2D eigenvalue weighted by atomic mass is 15.3. The molecule has 1 heterocycles. The Labute approximate surface area is 118 Å². The highest BCUT2D eigenvalue weighted by molar-refractivity contribution is 5.09. The number of rotatable bonds is 10. The van der Waals surface area contributed by atoms with Crippen molar-refractivity contribution in [1.82, 2.24) is 15.1 Å². The Bertz CT molecular complexity index is 342. The van der Waals surface area contributed by atoms with Gasteiger partial charge in [0.15, 0.2) is 0 Å². The first-order valence-corrected chi connectivity index (χ1v) is 7.86. The molecule has 3 nitrogen and oxygen atoms in total. The molecule has 3 heteroatoms.